The molecule has 0 aliphatic carbocycles. The Hall–Kier alpha value is -0.870. The van der Waals surface area contributed by atoms with E-state index in [4.69, 9.17) is 9.47 Å². The summed E-state index contributed by atoms with van der Waals surface area (Å²) in [5.41, 5.74) is 1.83. The fourth-order valence-corrected chi connectivity index (χ4v) is 4.37. The molecule has 0 amide bonds. The predicted molar refractivity (Wildman–Crippen MR) is 109 cm³/mol. The second-order valence-electron chi connectivity index (χ2n) is 8.50. The van der Waals surface area contributed by atoms with Gasteiger partial charge >= 0.3 is 5.97 Å². The summed E-state index contributed by atoms with van der Waals surface area (Å²) in [5.74, 6) is 0.401. The normalized spacial score (nSPS) is 29.5. The molecule has 1 saturated heterocycles. The maximum Gasteiger partial charge on any atom is 0.311 e. The van der Waals surface area contributed by atoms with E-state index in [0.29, 0.717) is 5.92 Å². The van der Waals surface area contributed by atoms with Gasteiger partial charge in [0.15, 0.2) is 0 Å². The number of esters is 1. The molecule has 0 bridgehead atoms. The summed E-state index contributed by atoms with van der Waals surface area (Å²) in [6.45, 7) is 14.4. The molecule has 0 radical (unpaired) electrons. The van der Waals surface area contributed by atoms with Gasteiger partial charge in [-0.3, -0.25) is 4.79 Å². The second kappa shape index (κ2) is 8.43. The van der Waals surface area contributed by atoms with Gasteiger partial charge in [-0.15, -0.1) is 0 Å². The minimum Gasteiger partial charge on any atom is -0.459 e. The zero-order chi connectivity index (χ0) is 19.6. The molecule has 1 aromatic carbocycles. The van der Waals surface area contributed by atoms with Crippen molar-refractivity contribution < 1.29 is 14.3 Å². The van der Waals surface area contributed by atoms with Crippen LogP contribution in [0.1, 0.15) is 72.1 Å². The molecule has 4 heteroatoms. The molecule has 146 valence electrons. The zero-order valence-electron chi connectivity index (χ0n) is 17.1. The molecule has 1 aliphatic heterocycles. The van der Waals surface area contributed by atoms with E-state index in [0.717, 1.165) is 22.9 Å². The molecule has 1 fully saturated rings. The third kappa shape index (κ3) is 4.33. The molecule has 1 aliphatic rings. The summed E-state index contributed by atoms with van der Waals surface area (Å²) >= 11 is 3.67. The van der Waals surface area contributed by atoms with Crippen molar-refractivity contribution in [1.29, 1.82) is 0 Å². The van der Waals surface area contributed by atoms with Crippen molar-refractivity contribution in [2.75, 3.05) is 0 Å². The smallest absolute Gasteiger partial charge is 0.311 e. The van der Waals surface area contributed by atoms with Crippen LogP contribution in [0.25, 0.3) is 0 Å². The molecule has 0 aromatic heterocycles. The molecular formula is C22H33BrO3. The highest BCUT2D eigenvalue weighted by molar-refractivity contribution is 9.10. The average molecular weight is 425 g/mol. The van der Waals surface area contributed by atoms with Gasteiger partial charge in [0.1, 0.15) is 12.2 Å². The summed E-state index contributed by atoms with van der Waals surface area (Å²) in [7, 11) is 0. The first-order chi connectivity index (χ1) is 12.1. The van der Waals surface area contributed by atoms with Crippen LogP contribution in [0.3, 0.4) is 0 Å². The van der Waals surface area contributed by atoms with E-state index in [-0.39, 0.29) is 30.2 Å². The van der Waals surface area contributed by atoms with Gasteiger partial charge < -0.3 is 9.47 Å². The van der Waals surface area contributed by atoms with E-state index < -0.39 is 5.41 Å². The lowest BCUT2D eigenvalue weighted by atomic mass is 9.78. The van der Waals surface area contributed by atoms with Crippen LogP contribution in [0.2, 0.25) is 0 Å². The molecule has 1 aromatic rings. The SMILES string of the molecule is CCc1c(Br)cccc1[C@H]1O[C@H](CC)[C@@H](C)[C@H](C)[C@@H]1OC(=O)C(C)(C)C. The minimum absolute atomic E-state index is 0.168. The Morgan fingerprint density at radius 1 is 1.19 bits per heavy atom. The van der Waals surface area contributed by atoms with Crippen molar-refractivity contribution in [3.63, 3.8) is 0 Å². The third-order valence-corrected chi connectivity index (χ3v) is 6.37. The quantitative estimate of drug-likeness (QED) is 0.548. The number of ether oxygens (including phenoxy) is 2. The summed E-state index contributed by atoms with van der Waals surface area (Å²) in [4.78, 5) is 12.6. The molecule has 0 spiro atoms. The highest BCUT2D eigenvalue weighted by Crippen LogP contribution is 2.43. The number of carbonyl (C=O) groups is 1. The van der Waals surface area contributed by atoms with Crippen molar-refractivity contribution >= 4 is 21.9 Å². The van der Waals surface area contributed by atoms with Gasteiger partial charge in [-0.25, -0.2) is 0 Å². The van der Waals surface area contributed by atoms with Crippen molar-refractivity contribution in [2.45, 2.75) is 79.6 Å². The van der Waals surface area contributed by atoms with Gasteiger partial charge in [0.05, 0.1) is 11.5 Å². The zero-order valence-corrected chi connectivity index (χ0v) is 18.7. The molecule has 1 heterocycles. The lowest BCUT2D eigenvalue weighted by Crippen LogP contribution is -2.48. The van der Waals surface area contributed by atoms with Gasteiger partial charge in [0.2, 0.25) is 0 Å². The second-order valence-corrected chi connectivity index (χ2v) is 9.36. The van der Waals surface area contributed by atoms with Crippen LogP contribution in [0.15, 0.2) is 22.7 Å². The predicted octanol–water partition coefficient (Wildman–Crippen LogP) is 6.09. The number of hydrogen-bond acceptors (Lipinski definition) is 3. The number of halogens is 1. The van der Waals surface area contributed by atoms with Crippen LogP contribution in [-0.4, -0.2) is 18.2 Å². The molecule has 0 saturated carbocycles. The van der Waals surface area contributed by atoms with Gasteiger partial charge in [-0.1, -0.05) is 55.8 Å². The van der Waals surface area contributed by atoms with Crippen molar-refractivity contribution in [2.24, 2.45) is 17.3 Å². The first kappa shape index (κ1) is 21.4. The van der Waals surface area contributed by atoms with E-state index >= 15 is 0 Å². The van der Waals surface area contributed by atoms with Crippen LogP contribution >= 0.6 is 15.9 Å². The lowest BCUT2D eigenvalue weighted by Gasteiger charge is -2.45. The number of rotatable bonds is 4. The summed E-state index contributed by atoms with van der Waals surface area (Å²) < 4.78 is 13.7. The van der Waals surface area contributed by atoms with E-state index in [1.54, 1.807) is 0 Å². The number of carbonyl (C=O) groups excluding carboxylic acids is 1. The van der Waals surface area contributed by atoms with Crippen molar-refractivity contribution in [3.05, 3.63) is 33.8 Å². The standard InChI is InChI=1S/C22H33BrO3/c1-8-15-16(11-10-12-17(15)23)20-19(26-21(24)22(5,6)7)14(4)13(3)18(9-2)25-20/h10-14,18-20H,8-9H2,1-7H3/t13-,14-,18+,19-,20+/m0/s1. The van der Waals surface area contributed by atoms with Gasteiger partial charge in [-0.2, -0.15) is 0 Å². The molecule has 3 nitrogen and oxygen atoms in total. The fraction of sp³-hybridized carbons (Fsp3) is 0.682. The molecule has 0 N–H and O–H groups in total. The minimum atomic E-state index is -0.528. The number of benzene rings is 1. The maximum atomic E-state index is 12.6. The molecular weight excluding hydrogens is 392 g/mol. The molecule has 2 rings (SSSR count). The van der Waals surface area contributed by atoms with Crippen LogP contribution < -0.4 is 0 Å². The van der Waals surface area contributed by atoms with Crippen LogP contribution in [0, 0.1) is 17.3 Å². The largest absolute Gasteiger partial charge is 0.459 e. The third-order valence-electron chi connectivity index (χ3n) is 5.63. The first-order valence-corrected chi connectivity index (χ1v) is 10.5. The van der Waals surface area contributed by atoms with Crippen molar-refractivity contribution in [3.8, 4) is 0 Å². The molecule has 5 atom stereocenters. The van der Waals surface area contributed by atoms with E-state index in [9.17, 15) is 4.79 Å². The highest BCUT2D eigenvalue weighted by atomic mass is 79.9. The Labute approximate surface area is 167 Å². The Morgan fingerprint density at radius 3 is 2.38 bits per heavy atom. The van der Waals surface area contributed by atoms with Gasteiger partial charge in [0.25, 0.3) is 0 Å². The Kier molecular flexibility index (Phi) is 6.95. The molecule has 0 unspecified atom stereocenters. The monoisotopic (exact) mass is 424 g/mol. The summed E-state index contributed by atoms with van der Waals surface area (Å²) in [6, 6.07) is 6.21. The fourth-order valence-electron chi connectivity index (χ4n) is 3.71. The van der Waals surface area contributed by atoms with Crippen molar-refractivity contribution in [1.82, 2.24) is 0 Å². The Morgan fingerprint density at radius 2 is 1.85 bits per heavy atom. The lowest BCUT2D eigenvalue weighted by molar-refractivity contribution is -0.204. The Bertz CT molecular complexity index is 635. The van der Waals surface area contributed by atoms with Crippen LogP contribution in [0.5, 0.6) is 0 Å². The topological polar surface area (TPSA) is 35.5 Å². The van der Waals surface area contributed by atoms with Crippen LogP contribution in [-0.2, 0) is 20.7 Å². The average Bonchev–Trinajstić information content (AvgIpc) is 2.58. The molecule has 26 heavy (non-hydrogen) atoms. The van der Waals surface area contributed by atoms with E-state index in [1.165, 1.54) is 5.56 Å². The number of hydrogen-bond donors (Lipinski definition) is 0. The summed E-state index contributed by atoms with van der Waals surface area (Å²) in [6.07, 6.45) is 1.52. The van der Waals surface area contributed by atoms with Gasteiger partial charge in [0, 0.05) is 10.4 Å². The van der Waals surface area contributed by atoms with Gasteiger partial charge in [-0.05, 0) is 56.7 Å². The maximum absolute atomic E-state index is 12.6. The highest BCUT2D eigenvalue weighted by Gasteiger charge is 2.45. The summed E-state index contributed by atoms with van der Waals surface area (Å²) in [5, 5.41) is 0. The first-order valence-electron chi connectivity index (χ1n) is 9.75. The Balaban J connectivity index is 2.47. The van der Waals surface area contributed by atoms with E-state index in [2.05, 4.69) is 55.8 Å². The van der Waals surface area contributed by atoms with E-state index in [1.807, 2.05) is 26.8 Å². The van der Waals surface area contributed by atoms with Crippen LogP contribution in [0.4, 0.5) is 0 Å².